The molecule has 10 rings (SSSR count). The summed E-state index contributed by atoms with van der Waals surface area (Å²) in [5.41, 5.74) is 11.9. The van der Waals surface area contributed by atoms with E-state index in [0.29, 0.717) is 0 Å². The number of rotatable bonds is 3. The third-order valence-corrected chi connectivity index (χ3v) is 12.6. The lowest BCUT2D eigenvalue weighted by Crippen LogP contribution is -2.19. The number of benzene rings is 7. The number of fused-ring (bicyclic) bond motifs is 6. The second-order valence-corrected chi connectivity index (χ2v) is 15.4. The molecule has 234 valence electrons. The van der Waals surface area contributed by atoms with Gasteiger partial charge in [0.1, 0.15) is 0 Å². The molecule has 3 aliphatic heterocycles. The molecule has 0 radical (unpaired) electrons. The maximum Gasteiger partial charge on any atom is 0.0601 e. The van der Waals surface area contributed by atoms with E-state index in [1.807, 2.05) is 35.3 Å². The highest BCUT2D eigenvalue weighted by Crippen LogP contribution is 2.56. The van der Waals surface area contributed by atoms with Crippen LogP contribution in [0.4, 0.5) is 51.2 Å². The van der Waals surface area contributed by atoms with Crippen molar-refractivity contribution in [3.8, 4) is 0 Å². The predicted octanol–water partition coefficient (Wildman–Crippen LogP) is 13.6. The van der Waals surface area contributed by atoms with Crippen molar-refractivity contribution < 1.29 is 0 Å². The number of hydrogen-bond donors (Lipinski definition) is 0. The first-order chi connectivity index (χ1) is 24.3. The number of para-hydroxylation sites is 6. The minimum Gasteiger partial charge on any atom is -0.309 e. The summed E-state index contributed by atoms with van der Waals surface area (Å²) in [7, 11) is 0. The Bertz CT molecular complexity index is 2150. The van der Waals surface area contributed by atoms with Gasteiger partial charge in [-0.3, -0.25) is 0 Å². The van der Waals surface area contributed by atoms with Crippen molar-refractivity contribution >= 4 is 86.5 Å². The zero-order valence-electron chi connectivity index (χ0n) is 26.4. The quantitative estimate of drug-likeness (QED) is 0.182. The average molecular weight is 684 g/mol. The van der Waals surface area contributed by atoms with Crippen LogP contribution in [0.3, 0.4) is 0 Å². The molecule has 3 heterocycles. The zero-order chi connectivity index (χ0) is 32.3. The second-order valence-electron chi connectivity index (χ2n) is 12.2. The van der Waals surface area contributed by atoms with Gasteiger partial charge in [-0.1, -0.05) is 102 Å². The normalized spacial score (nSPS) is 14.1. The Balaban J connectivity index is 1.28. The average Bonchev–Trinajstić information content (AvgIpc) is 3.33. The number of hydrogen-bond acceptors (Lipinski definition) is 6. The van der Waals surface area contributed by atoms with Gasteiger partial charge in [-0.05, 0) is 90.5 Å². The summed E-state index contributed by atoms with van der Waals surface area (Å²) >= 11 is 5.60. The van der Waals surface area contributed by atoms with Crippen LogP contribution in [0.25, 0.3) is 0 Å². The lowest BCUT2D eigenvalue weighted by atomic mass is 10.1. The van der Waals surface area contributed by atoms with Crippen molar-refractivity contribution in [1.29, 1.82) is 0 Å². The van der Waals surface area contributed by atoms with Crippen LogP contribution in [0.2, 0.25) is 0 Å². The van der Waals surface area contributed by atoms with E-state index < -0.39 is 0 Å². The van der Waals surface area contributed by atoms with Crippen LogP contribution >= 0.6 is 35.3 Å². The van der Waals surface area contributed by atoms with E-state index in [1.54, 1.807) is 0 Å². The molecule has 0 fully saturated rings. The Kier molecular flexibility index (Phi) is 7.00. The minimum atomic E-state index is 0.921. The Morgan fingerprint density at radius 1 is 0.327 bits per heavy atom. The molecular formula is C43H29N3S3. The summed E-state index contributed by atoms with van der Waals surface area (Å²) in [5.74, 6) is 0.921. The Morgan fingerprint density at radius 2 is 0.633 bits per heavy atom. The minimum absolute atomic E-state index is 0.921. The van der Waals surface area contributed by atoms with Crippen LogP contribution in [-0.2, 0) is 5.75 Å². The van der Waals surface area contributed by atoms with Crippen molar-refractivity contribution in [2.45, 2.75) is 30.2 Å². The van der Waals surface area contributed by atoms with Gasteiger partial charge in [0.15, 0.2) is 0 Å². The first-order valence-corrected chi connectivity index (χ1v) is 19.0. The standard InChI is InChI=1S/C43H29N3S3/c1-2-14-33-29(13-1)28-47-39-20-8-3-15-34(39)44(33)30-25-31(45-35-16-4-9-21-40(35)48-41-22-10-5-17-36(41)45)27-32(26-30)46-37-18-6-11-23-42(37)49-43-24-12-7-19-38(43)46/h1-27H,28H2. The molecule has 0 N–H and O–H groups in total. The number of anilines is 9. The molecule has 6 heteroatoms. The maximum atomic E-state index is 2.48. The molecule has 7 aromatic carbocycles. The highest BCUT2D eigenvalue weighted by Gasteiger charge is 2.30. The van der Waals surface area contributed by atoms with E-state index in [0.717, 1.165) is 22.8 Å². The maximum absolute atomic E-state index is 2.48. The molecular weight excluding hydrogens is 655 g/mol. The largest absolute Gasteiger partial charge is 0.309 e. The van der Waals surface area contributed by atoms with Crippen LogP contribution in [0, 0.1) is 0 Å². The Morgan fingerprint density at radius 3 is 1.06 bits per heavy atom. The van der Waals surface area contributed by atoms with Crippen molar-refractivity contribution in [2.75, 3.05) is 14.7 Å². The topological polar surface area (TPSA) is 9.72 Å². The first kappa shape index (κ1) is 29.0. The van der Waals surface area contributed by atoms with Crippen LogP contribution in [0.15, 0.2) is 188 Å². The summed E-state index contributed by atoms with van der Waals surface area (Å²) in [5, 5.41) is 0. The van der Waals surface area contributed by atoms with Gasteiger partial charge >= 0.3 is 0 Å². The van der Waals surface area contributed by atoms with Crippen LogP contribution in [-0.4, -0.2) is 0 Å². The number of thioether (sulfide) groups is 1. The molecule has 0 unspecified atom stereocenters. The third kappa shape index (κ3) is 4.85. The lowest BCUT2D eigenvalue weighted by Gasteiger charge is -2.37. The molecule has 49 heavy (non-hydrogen) atoms. The van der Waals surface area contributed by atoms with E-state index in [4.69, 9.17) is 0 Å². The summed E-state index contributed by atoms with van der Waals surface area (Å²) in [6, 6.07) is 60.0. The fourth-order valence-electron chi connectivity index (χ4n) is 7.11. The Hall–Kier alpha value is -5.01. The predicted molar refractivity (Wildman–Crippen MR) is 208 cm³/mol. The molecule has 0 aliphatic carbocycles. The van der Waals surface area contributed by atoms with Crippen molar-refractivity contribution in [1.82, 2.24) is 0 Å². The summed E-state index contributed by atoms with van der Waals surface area (Å²) in [4.78, 5) is 13.7. The fourth-order valence-corrected chi connectivity index (χ4v) is 10.3. The molecule has 0 amide bonds. The summed E-state index contributed by atoms with van der Waals surface area (Å²) in [6.07, 6.45) is 0. The molecule has 0 aromatic heterocycles. The molecule has 0 saturated carbocycles. The van der Waals surface area contributed by atoms with E-state index in [2.05, 4.69) is 178 Å². The van der Waals surface area contributed by atoms with Gasteiger partial charge in [-0.2, -0.15) is 0 Å². The molecule has 3 aliphatic rings. The van der Waals surface area contributed by atoms with Gasteiger partial charge in [0, 0.05) is 30.2 Å². The fraction of sp³-hybridized carbons (Fsp3) is 0.0233. The third-order valence-electron chi connectivity index (χ3n) is 9.25. The molecule has 0 atom stereocenters. The SMILES string of the molecule is c1ccc2c(c1)CSc1ccccc1N2c1cc(N2c3ccccc3Sc3ccccc32)cc(N2c3ccccc3Sc3ccccc32)c1. The van der Waals surface area contributed by atoms with Gasteiger partial charge in [0.25, 0.3) is 0 Å². The molecule has 0 saturated heterocycles. The van der Waals surface area contributed by atoms with E-state index >= 15 is 0 Å². The number of nitrogens with zero attached hydrogens (tertiary/aromatic N) is 3. The second kappa shape index (κ2) is 11.8. The van der Waals surface area contributed by atoms with Crippen molar-refractivity contribution in [3.63, 3.8) is 0 Å². The summed E-state index contributed by atoms with van der Waals surface area (Å²) in [6.45, 7) is 0. The lowest BCUT2D eigenvalue weighted by molar-refractivity contribution is 1.14. The van der Waals surface area contributed by atoms with E-state index in [-0.39, 0.29) is 0 Å². The molecule has 7 aromatic rings. The highest BCUT2D eigenvalue weighted by molar-refractivity contribution is 8.00. The van der Waals surface area contributed by atoms with Gasteiger partial charge in [0.2, 0.25) is 0 Å². The van der Waals surface area contributed by atoms with E-state index in [9.17, 15) is 0 Å². The van der Waals surface area contributed by atoms with Crippen LogP contribution < -0.4 is 14.7 Å². The monoisotopic (exact) mass is 683 g/mol. The molecule has 3 nitrogen and oxygen atoms in total. The van der Waals surface area contributed by atoms with Gasteiger partial charge in [-0.15, -0.1) is 11.8 Å². The molecule has 0 bridgehead atoms. The van der Waals surface area contributed by atoms with Gasteiger partial charge in [-0.25, -0.2) is 0 Å². The van der Waals surface area contributed by atoms with Crippen molar-refractivity contribution in [2.24, 2.45) is 0 Å². The summed E-state index contributed by atoms with van der Waals surface area (Å²) < 4.78 is 0. The first-order valence-electron chi connectivity index (χ1n) is 16.4. The van der Waals surface area contributed by atoms with Crippen LogP contribution in [0.1, 0.15) is 5.56 Å². The Labute approximate surface area is 299 Å². The van der Waals surface area contributed by atoms with E-state index in [1.165, 1.54) is 64.2 Å². The van der Waals surface area contributed by atoms with Crippen LogP contribution in [0.5, 0.6) is 0 Å². The molecule has 0 spiro atoms. The highest BCUT2D eigenvalue weighted by atomic mass is 32.2. The van der Waals surface area contributed by atoms with Gasteiger partial charge < -0.3 is 14.7 Å². The van der Waals surface area contributed by atoms with Gasteiger partial charge in [0.05, 0.1) is 51.2 Å². The smallest absolute Gasteiger partial charge is 0.0601 e. The zero-order valence-corrected chi connectivity index (χ0v) is 28.8. The van der Waals surface area contributed by atoms with Crippen molar-refractivity contribution in [3.05, 3.63) is 169 Å².